The van der Waals surface area contributed by atoms with Gasteiger partial charge in [0, 0.05) is 46.1 Å². The Morgan fingerprint density at radius 1 is 1.23 bits per heavy atom. The Bertz CT molecular complexity index is 962. The molecule has 10 heteroatoms. The van der Waals surface area contributed by atoms with Crippen LogP contribution in [-0.4, -0.2) is 47.6 Å². The molecular formula is C21H22ClN3O5S. The van der Waals surface area contributed by atoms with E-state index in [1.807, 2.05) is 12.1 Å². The van der Waals surface area contributed by atoms with Gasteiger partial charge in [0.2, 0.25) is 0 Å². The molecule has 0 saturated carbocycles. The predicted molar refractivity (Wildman–Crippen MR) is 118 cm³/mol. The fraction of sp³-hybridized carbons (Fsp3) is 0.333. The zero-order valence-electron chi connectivity index (χ0n) is 16.9. The number of likely N-dealkylation sites (tertiary alicyclic amines) is 1. The van der Waals surface area contributed by atoms with Gasteiger partial charge in [-0.15, -0.1) is 0 Å². The van der Waals surface area contributed by atoms with Crippen molar-refractivity contribution in [3.63, 3.8) is 0 Å². The lowest BCUT2D eigenvalue weighted by Crippen LogP contribution is -2.46. The van der Waals surface area contributed by atoms with Crippen LogP contribution in [0.4, 0.5) is 10.5 Å². The summed E-state index contributed by atoms with van der Waals surface area (Å²) in [4.78, 5) is 38.6. The minimum atomic E-state index is -0.522. The Morgan fingerprint density at radius 3 is 2.52 bits per heavy atom. The standard InChI is InChI=1S/C21H22ClN3O5S/c1-2-30-21(27)24-11-9-15(10-12-24)23-20(26)18-13-16(25(28)29)5-8-19(18)31-17-6-3-14(22)4-7-17/h3-8,13,15H,2,9-12H2,1H3,(H,23,26). The smallest absolute Gasteiger partial charge is 0.409 e. The fourth-order valence-electron chi connectivity index (χ4n) is 3.21. The molecule has 3 rings (SSSR count). The third-order valence-electron chi connectivity index (χ3n) is 4.82. The summed E-state index contributed by atoms with van der Waals surface area (Å²) < 4.78 is 5.01. The second kappa shape index (κ2) is 10.5. The van der Waals surface area contributed by atoms with Crippen molar-refractivity contribution in [1.29, 1.82) is 0 Å². The first-order valence-electron chi connectivity index (χ1n) is 9.81. The van der Waals surface area contributed by atoms with Crippen molar-refractivity contribution in [2.45, 2.75) is 35.6 Å². The molecule has 0 aliphatic carbocycles. The molecule has 164 valence electrons. The number of non-ortho nitro benzene ring substituents is 1. The van der Waals surface area contributed by atoms with E-state index in [2.05, 4.69) is 5.32 Å². The molecule has 1 heterocycles. The van der Waals surface area contributed by atoms with Gasteiger partial charge < -0.3 is 15.0 Å². The number of nitro groups is 1. The quantitative estimate of drug-likeness (QED) is 0.490. The maximum atomic E-state index is 13.0. The van der Waals surface area contributed by atoms with E-state index in [9.17, 15) is 19.7 Å². The van der Waals surface area contributed by atoms with Crippen LogP contribution in [0.15, 0.2) is 52.3 Å². The summed E-state index contributed by atoms with van der Waals surface area (Å²) >= 11 is 7.26. The number of nitrogens with one attached hydrogen (secondary N) is 1. The van der Waals surface area contributed by atoms with Crippen molar-refractivity contribution >= 4 is 41.1 Å². The summed E-state index contributed by atoms with van der Waals surface area (Å²) in [6, 6.07) is 11.2. The molecule has 1 fully saturated rings. The average Bonchev–Trinajstić information content (AvgIpc) is 2.76. The molecule has 1 aliphatic heterocycles. The van der Waals surface area contributed by atoms with Gasteiger partial charge in [0.25, 0.3) is 11.6 Å². The van der Waals surface area contributed by atoms with Gasteiger partial charge in [-0.05, 0) is 50.1 Å². The zero-order valence-corrected chi connectivity index (χ0v) is 18.4. The van der Waals surface area contributed by atoms with E-state index >= 15 is 0 Å². The third kappa shape index (κ3) is 6.11. The molecule has 1 N–H and O–H groups in total. The molecule has 2 aromatic carbocycles. The molecule has 0 atom stereocenters. The van der Waals surface area contributed by atoms with Gasteiger partial charge in [-0.2, -0.15) is 0 Å². The van der Waals surface area contributed by atoms with Gasteiger partial charge in [0.05, 0.1) is 17.1 Å². The van der Waals surface area contributed by atoms with Crippen LogP contribution in [0.2, 0.25) is 5.02 Å². The molecule has 1 saturated heterocycles. The normalized spacial score (nSPS) is 14.2. The number of nitrogens with zero attached hydrogens (tertiary/aromatic N) is 2. The molecule has 0 radical (unpaired) electrons. The summed E-state index contributed by atoms with van der Waals surface area (Å²) in [7, 11) is 0. The van der Waals surface area contributed by atoms with E-state index in [0.717, 1.165) is 4.90 Å². The largest absolute Gasteiger partial charge is 0.450 e. The highest BCUT2D eigenvalue weighted by Gasteiger charge is 2.26. The number of amides is 2. The molecule has 2 amide bonds. The van der Waals surface area contributed by atoms with E-state index in [-0.39, 0.29) is 29.3 Å². The van der Waals surface area contributed by atoms with E-state index in [0.29, 0.717) is 42.5 Å². The van der Waals surface area contributed by atoms with Gasteiger partial charge in [0.1, 0.15) is 0 Å². The predicted octanol–water partition coefficient (Wildman–Crippen LogP) is 4.75. The summed E-state index contributed by atoms with van der Waals surface area (Å²) in [6.07, 6.45) is 0.811. The van der Waals surface area contributed by atoms with Gasteiger partial charge in [-0.3, -0.25) is 14.9 Å². The summed E-state index contributed by atoms with van der Waals surface area (Å²) in [5.74, 6) is -0.380. The number of carbonyl (C=O) groups excluding carboxylic acids is 2. The van der Waals surface area contributed by atoms with Crippen molar-refractivity contribution in [3.8, 4) is 0 Å². The molecular weight excluding hydrogens is 442 g/mol. The lowest BCUT2D eigenvalue weighted by molar-refractivity contribution is -0.384. The molecule has 31 heavy (non-hydrogen) atoms. The second-order valence-corrected chi connectivity index (χ2v) is 8.48. The maximum Gasteiger partial charge on any atom is 0.409 e. The Hall–Kier alpha value is -2.78. The Morgan fingerprint density at radius 2 is 1.90 bits per heavy atom. The number of hydrogen-bond donors (Lipinski definition) is 1. The Labute approximate surface area is 189 Å². The molecule has 0 spiro atoms. The minimum Gasteiger partial charge on any atom is -0.450 e. The number of carbonyl (C=O) groups is 2. The highest BCUT2D eigenvalue weighted by atomic mass is 35.5. The number of hydrogen-bond acceptors (Lipinski definition) is 6. The lowest BCUT2D eigenvalue weighted by atomic mass is 10.0. The first-order valence-corrected chi connectivity index (χ1v) is 11.0. The third-order valence-corrected chi connectivity index (χ3v) is 6.15. The molecule has 1 aliphatic rings. The monoisotopic (exact) mass is 463 g/mol. The molecule has 0 unspecified atom stereocenters. The van der Waals surface area contributed by atoms with Crippen LogP contribution in [0, 0.1) is 10.1 Å². The minimum absolute atomic E-state index is 0.133. The Balaban J connectivity index is 1.73. The van der Waals surface area contributed by atoms with E-state index in [4.69, 9.17) is 16.3 Å². The lowest BCUT2D eigenvalue weighted by Gasteiger charge is -2.31. The molecule has 8 nitrogen and oxygen atoms in total. The van der Waals surface area contributed by atoms with Gasteiger partial charge in [-0.1, -0.05) is 23.4 Å². The van der Waals surface area contributed by atoms with Gasteiger partial charge in [0.15, 0.2) is 0 Å². The highest BCUT2D eigenvalue weighted by Crippen LogP contribution is 2.33. The van der Waals surface area contributed by atoms with E-state index in [1.54, 1.807) is 30.0 Å². The number of halogens is 1. The van der Waals surface area contributed by atoms with Gasteiger partial charge in [-0.25, -0.2) is 4.79 Å². The zero-order chi connectivity index (χ0) is 22.4. The Kier molecular flexibility index (Phi) is 7.75. The van der Waals surface area contributed by atoms with Crippen LogP contribution in [0.5, 0.6) is 0 Å². The van der Waals surface area contributed by atoms with Crippen molar-refractivity contribution in [3.05, 3.63) is 63.2 Å². The topological polar surface area (TPSA) is 102 Å². The first kappa shape index (κ1) is 22.9. The number of nitro benzene ring substituents is 1. The maximum absolute atomic E-state index is 13.0. The number of piperidine rings is 1. The van der Waals surface area contributed by atoms with Crippen LogP contribution >= 0.6 is 23.4 Å². The molecule has 0 aromatic heterocycles. The van der Waals surface area contributed by atoms with Crippen LogP contribution in [0.25, 0.3) is 0 Å². The average molecular weight is 464 g/mol. The fourth-order valence-corrected chi connectivity index (χ4v) is 4.26. The summed E-state index contributed by atoms with van der Waals surface area (Å²) in [6.45, 7) is 3.02. The highest BCUT2D eigenvalue weighted by molar-refractivity contribution is 7.99. The van der Waals surface area contributed by atoms with Crippen LogP contribution in [0.1, 0.15) is 30.1 Å². The van der Waals surface area contributed by atoms with Crippen molar-refractivity contribution in [1.82, 2.24) is 10.2 Å². The number of benzene rings is 2. The van der Waals surface area contributed by atoms with Crippen LogP contribution in [0.3, 0.4) is 0 Å². The summed E-state index contributed by atoms with van der Waals surface area (Å²) in [5, 5.41) is 14.8. The van der Waals surface area contributed by atoms with E-state index in [1.165, 1.54) is 23.9 Å². The molecule has 0 bridgehead atoms. The van der Waals surface area contributed by atoms with Crippen molar-refractivity contribution in [2.24, 2.45) is 0 Å². The number of ether oxygens (including phenoxy) is 1. The molecule has 2 aromatic rings. The van der Waals surface area contributed by atoms with Crippen LogP contribution < -0.4 is 5.32 Å². The van der Waals surface area contributed by atoms with Gasteiger partial charge >= 0.3 is 6.09 Å². The number of rotatable bonds is 6. The summed E-state index contributed by atoms with van der Waals surface area (Å²) in [5.41, 5.74) is 0.0877. The SMILES string of the molecule is CCOC(=O)N1CCC(NC(=O)c2cc([N+](=O)[O-])ccc2Sc2ccc(Cl)cc2)CC1. The van der Waals surface area contributed by atoms with Crippen molar-refractivity contribution in [2.75, 3.05) is 19.7 Å². The van der Waals surface area contributed by atoms with Crippen molar-refractivity contribution < 1.29 is 19.2 Å². The first-order chi connectivity index (χ1) is 14.9. The van der Waals surface area contributed by atoms with E-state index < -0.39 is 4.92 Å². The van der Waals surface area contributed by atoms with Crippen LogP contribution in [-0.2, 0) is 4.74 Å². The second-order valence-electron chi connectivity index (χ2n) is 6.93.